The Morgan fingerprint density at radius 3 is 2.31 bits per heavy atom. The topological polar surface area (TPSA) is 64.2 Å². The highest BCUT2D eigenvalue weighted by Crippen LogP contribution is 2.34. The van der Waals surface area contributed by atoms with Gasteiger partial charge in [-0.3, -0.25) is 4.79 Å². The number of aromatic nitrogens is 2. The summed E-state index contributed by atoms with van der Waals surface area (Å²) < 4.78 is 40.8. The van der Waals surface area contributed by atoms with E-state index < -0.39 is 18.0 Å². The van der Waals surface area contributed by atoms with Gasteiger partial charge in [0.1, 0.15) is 0 Å². The van der Waals surface area contributed by atoms with Crippen molar-refractivity contribution >= 4 is 41.8 Å². The van der Waals surface area contributed by atoms with Crippen molar-refractivity contribution in [3.63, 3.8) is 0 Å². The number of benzene rings is 1. The normalized spacial score (nSPS) is 12.5. The lowest BCUT2D eigenvalue weighted by Crippen LogP contribution is -2.39. The van der Waals surface area contributed by atoms with E-state index in [9.17, 15) is 18.0 Å². The number of nitrogens with zero attached hydrogens (tertiary/aromatic N) is 3. The van der Waals surface area contributed by atoms with E-state index in [0.717, 1.165) is 4.57 Å². The first-order chi connectivity index (χ1) is 11.1. The van der Waals surface area contributed by atoms with Gasteiger partial charge in [0, 0.05) is 31.2 Å². The van der Waals surface area contributed by atoms with Crippen molar-refractivity contribution in [2.75, 3.05) is 13.6 Å². The number of amides is 1. The Balaban J connectivity index is 0.00000312. The summed E-state index contributed by atoms with van der Waals surface area (Å²) in [6, 6.07) is 3.84. The number of alkyl halides is 3. The molecule has 0 saturated heterocycles. The van der Waals surface area contributed by atoms with Crippen molar-refractivity contribution in [2.24, 2.45) is 5.73 Å². The lowest BCUT2D eigenvalue weighted by Gasteiger charge is -2.23. The second-order valence-corrected chi connectivity index (χ2v) is 6.10. The Kier molecular flexibility index (Phi) is 8.40. The van der Waals surface area contributed by atoms with Gasteiger partial charge in [-0.25, -0.2) is 4.98 Å². The van der Waals surface area contributed by atoms with Crippen molar-refractivity contribution in [3.05, 3.63) is 29.6 Å². The van der Waals surface area contributed by atoms with E-state index >= 15 is 0 Å². The fraction of sp³-hybridized carbons (Fsp3) is 0.500. The molecule has 0 aliphatic rings. The predicted molar refractivity (Wildman–Crippen MR) is 100 cm³/mol. The van der Waals surface area contributed by atoms with Crippen LogP contribution in [-0.2, 0) is 6.18 Å². The van der Waals surface area contributed by atoms with Crippen molar-refractivity contribution in [1.29, 1.82) is 0 Å². The van der Waals surface area contributed by atoms with Crippen molar-refractivity contribution in [1.82, 2.24) is 14.5 Å². The van der Waals surface area contributed by atoms with Crippen LogP contribution in [0.4, 0.5) is 13.2 Å². The Hall–Kier alpha value is -1.51. The molecule has 1 atom stereocenters. The Morgan fingerprint density at radius 1 is 1.27 bits per heavy atom. The van der Waals surface area contributed by atoms with Crippen molar-refractivity contribution in [3.8, 4) is 0 Å². The third-order valence-corrected chi connectivity index (χ3v) is 4.03. The number of halogens is 5. The first kappa shape index (κ1) is 24.5. The zero-order chi connectivity index (χ0) is 18.2. The number of fused-ring (bicyclic) bond motifs is 1. The molecule has 1 aromatic carbocycles. The van der Waals surface area contributed by atoms with Crippen LogP contribution in [0.15, 0.2) is 18.2 Å². The molecule has 1 heterocycles. The van der Waals surface area contributed by atoms with Gasteiger partial charge >= 0.3 is 6.18 Å². The summed E-state index contributed by atoms with van der Waals surface area (Å²) >= 11 is 0. The van der Waals surface area contributed by atoms with Gasteiger partial charge in [-0.05, 0) is 39.0 Å². The molecular formula is C16H23Cl2F3N4O. The molecule has 1 aromatic heterocycles. The summed E-state index contributed by atoms with van der Waals surface area (Å²) in [4.78, 5) is 17.6. The molecule has 0 fully saturated rings. The fourth-order valence-corrected chi connectivity index (χ4v) is 2.52. The van der Waals surface area contributed by atoms with Gasteiger partial charge in [0.05, 0.1) is 11.0 Å². The van der Waals surface area contributed by atoms with Crippen molar-refractivity contribution in [2.45, 2.75) is 39.0 Å². The highest BCUT2D eigenvalue weighted by Gasteiger charge is 2.38. The number of carbonyl (C=O) groups excluding carboxylic acids is 1. The zero-order valence-corrected chi connectivity index (χ0v) is 16.5. The molecule has 148 valence electrons. The number of hydrogen-bond donors (Lipinski definition) is 1. The number of nitrogens with two attached hydrogens (primary N) is 1. The SMILES string of the molecule is CC(CN)N(C)C(=O)c1ccc2c(c1)nc(C(F)(F)F)n2C(C)C.Cl.Cl. The fourth-order valence-electron chi connectivity index (χ4n) is 2.52. The number of imidazole rings is 1. The van der Waals surface area contributed by atoms with E-state index in [-0.39, 0.29) is 47.8 Å². The van der Waals surface area contributed by atoms with E-state index in [2.05, 4.69) is 4.98 Å². The highest BCUT2D eigenvalue weighted by atomic mass is 35.5. The maximum atomic E-state index is 13.2. The van der Waals surface area contributed by atoms with E-state index in [0.29, 0.717) is 12.1 Å². The summed E-state index contributed by atoms with van der Waals surface area (Å²) in [5.41, 5.74) is 6.33. The first-order valence-corrected chi connectivity index (χ1v) is 7.64. The van der Waals surface area contributed by atoms with Gasteiger partial charge in [0.15, 0.2) is 0 Å². The zero-order valence-electron chi connectivity index (χ0n) is 14.9. The van der Waals surface area contributed by atoms with Gasteiger partial charge in [-0.1, -0.05) is 0 Å². The van der Waals surface area contributed by atoms with Crippen molar-refractivity contribution < 1.29 is 18.0 Å². The molecule has 0 spiro atoms. The van der Waals surface area contributed by atoms with E-state index in [1.165, 1.54) is 23.1 Å². The lowest BCUT2D eigenvalue weighted by molar-refractivity contribution is -0.147. The van der Waals surface area contributed by atoms with Gasteiger partial charge in [-0.2, -0.15) is 13.2 Å². The van der Waals surface area contributed by atoms with E-state index in [1.807, 2.05) is 0 Å². The number of carbonyl (C=O) groups is 1. The summed E-state index contributed by atoms with van der Waals surface area (Å²) in [5.74, 6) is -1.26. The van der Waals surface area contributed by atoms with Gasteiger partial charge in [0.2, 0.25) is 5.82 Å². The Labute approximate surface area is 162 Å². The minimum absolute atomic E-state index is 0. The average molecular weight is 415 g/mol. The van der Waals surface area contributed by atoms with Gasteiger partial charge in [0.25, 0.3) is 5.91 Å². The minimum Gasteiger partial charge on any atom is -0.338 e. The summed E-state index contributed by atoms with van der Waals surface area (Å²) in [7, 11) is 1.61. The number of hydrogen-bond acceptors (Lipinski definition) is 3. The molecule has 0 aliphatic heterocycles. The molecule has 0 aliphatic carbocycles. The van der Waals surface area contributed by atoms with Crippen LogP contribution in [0.3, 0.4) is 0 Å². The van der Waals surface area contributed by atoms with Crippen LogP contribution >= 0.6 is 24.8 Å². The second-order valence-electron chi connectivity index (χ2n) is 6.10. The molecule has 10 heteroatoms. The standard InChI is InChI=1S/C16H21F3N4O.2ClH/c1-9(2)23-13-6-5-11(14(24)22(4)10(3)8-20)7-12(13)21-15(23)16(17,18)19;;/h5-7,9-10H,8,20H2,1-4H3;2*1H. The third-order valence-electron chi connectivity index (χ3n) is 4.03. The van der Waals surface area contributed by atoms with E-state index in [1.54, 1.807) is 27.8 Å². The molecule has 0 bridgehead atoms. The average Bonchev–Trinajstić information content (AvgIpc) is 2.91. The van der Waals surface area contributed by atoms with Gasteiger partial charge in [-0.15, -0.1) is 24.8 Å². The molecule has 1 unspecified atom stereocenters. The Morgan fingerprint density at radius 2 is 1.85 bits per heavy atom. The summed E-state index contributed by atoms with van der Waals surface area (Å²) in [5, 5.41) is 0. The Bertz CT molecular complexity index is 762. The molecule has 0 saturated carbocycles. The maximum Gasteiger partial charge on any atom is 0.449 e. The van der Waals surface area contributed by atoms with Crippen LogP contribution in [-0.4, -0.2) is 40.0 Å². The smallest absolute Gasteiger partial charge is 0.338 e. The summed E-state index contributed by atoms with van der Waals surface area (Å²) in [6.07, 6.45) is -4.56. The molecule has 2 rings (SSSR count). The van der Waals surface area contributed by atoms with Gasteiger partial charge < -0.3 is 15.2 Å². The maximum absolute atomic E-state index is 13.2. The third kappa shape index (κ3) is 4.61. The largest absolute Gasteiger partial charge is 0.449 e. The molecule has 0 radical (unpaired) electrons. The second kappa shape index (κ2) is 8.92. The molecule has 5 nitrogen and oxygen atoms in total. The van der Waals surface area contributed by atoms with Crippen LogP contribution in [0, 0.1) is 0 Å². The highest BCUT2D eigenvalue weighted by molar-refractivity contribution is 5.97. The molecule has 1 amide bonds. The number of rotatable bonds is 4. The van der Waals surface area contributed by atoms with Crippen LogP contribution < -0.4 is 5.73 Å². The van der Waals surface area contributed by atoms with Crippen LogP contribution in [0.2, 0.25) is 0 Å². The van der Waals surface area contributed by atoms with Crippen LogP contribution in [0.25, 0.3) is 11.0 Å². The molecular weight excluding hydrogens is 392 g/mol. The molecule has 2 aromatic rings. The van der Waals surface area contributed by atoms with Crippen LogP contribution in [0.5, 0.6) is 0 Å². The first-order valence-electron chi connectivity index (χ1n) is 7.64. The number of likely N-dealkylation sites (N-methyl/N-ethyl adjacent to an activating group) is 1. The monoisotopic (exact) mass is 414 g/mol. The minimum atomic E-state index is -4.56. The predicted octanol–water partition coefficient (Wildman–Crippen LogP) is 3.90. The summed E-state index contributed by atoms with van der Waals surface area (Å²) in [6.45, 7) is 5.41. The van der Waals surface area contributed by atoms with Crippen LogP contribution in [0.1, 0.15) is 43.0 Å². The van der Waals surface area contributed by atoms with E-state index in [4.69, 9.17) is 5.73 Å². The quantitative estimate of drug-likeness (QED) is 0.824. The molecule has 2 N–H and O–H groups in total. The lowest BCUT2D eigenvalue weighted by atomic mass is 10.1. The molecule has 26 heavy (non-hydrogen) atoms.